The van der Waals surface area contributed by atoms with Crippen LogP contribution in [0.5, 0.6) is 11.5 Å². The Labute approximate surface area is 206 Å². The van der Waals surface area contributed by atoms with E-state index in [-0.39, 0.29) is 18.0 Å². The highest BCUT2D eigenvalue weighted by Gasteiger charge is 2.49. The van der Waals surface area contributed by atoms with Gasteiger partial charge in [0.25, 0.3) is 0 Å². The van der Waals surface area contributed by atoms with Gasteiger partial charge in [0.05, 0.1) is 11.4 Å². The third kappa shape index (κ3) is 5.24. The number of hydrogen-bond acceptors (Lipinski definition) is 8. The Morgan fingerprint density at radius 1 is 0.595 bits per heavy atom. The van der Waals surface area contributed by atoms with E-state index < -0.39 is 42.8 Å². The van der Waals surface area contributed by atoms with Gasteiger partial charge in [-0.05, 0) is 36.4 Å². The first-order valence-electron chi connectivity index (χ1n) is 9.95. The molecule has 0 N–H and O–H groups in total. The summed E-state index contributed by atoms with van der Waals surface area (Å²) in [5.74, 6) is -1.20. The maximum Gasteiger partial charge on any atom is 0.534 e. The van der Waals surface area contributed by atoms with E-state index in [1.165, 1.54) is 24.3 Å². The molecule has 0 atom stereocenters. The fourth-order valence-corrected chi connectivity index (χ4v) is 4.31. The van der Waals surface area contributed by atoms with Crippen LogP contribution in [-0.4, -0.2) is 34.5 Å². The number of rotatable bonds is 6. The Bertz CT molecular complexity index is 1430. The molecule has 37 heavy (non-hydrogen) atoms. The van der Waals surface area contributed by atoms with Crippen molar-refractivity contribution in [2.75, 3.05) is 16.5 Å². The predicted octanol–water partition coefficient (Wildman–Crippen LogP) is 5.39. The van der Waals surface area contributed by atoms with Gasteiger partial charge in [-0.2, -0.15) is 43.2 Å². The number of para-hydroxylation sites is 2. The zero-order valence-corrected chi connectivity index (χ0v) is 19.7. The standard InChI is InChI=1S/C21H14F6N2O6S2/c22-20(23,24)36(30,31)34-16-7-3-5-14(11-16)28-13-29(19-10-2-1-9-18(19)28)15-6-4-8-17(12-15)35-37(32,33)21(25,26)27/h1-12H,13H2. The maximum absolute atomic E-state index is 12.7. The van der Waals surface area contributed by atoms with Gasteiger partial charge < -0.3 is 18.2 Å². The van der Waals surface area contributed by atoms with Gasteiger partial charge in [-0.3, -0.25) is 0 Å². The minimum absolute atomic E-state index is 0.0374. The molecule has 198 valence electrons. The molecule has 4 rings (SSSR count). The molecule has 3 aromatic carbocycles. The molecular weight excluding hydrogens is 554 g/mol. The Morgan fingerprint density at radius 3 is 1.32 bits per heavy atom. The lowest BCUT2D eigenvalue weighted by atomic mass is 10.2. The van der Waals surface area contributed by atoms with Gasteiger partial charge in [0.15, 0.2) is 0 Å². The fourth-order valence-electron chi connectivity index (χ4n) is 3.41. The van der Waals surface area contributed by atoms with E-state index in [0.29, 0.717) is 11.4 Å². The summed E-state index contributed by atoms with van der Waals surface area (Å²) in [6.45, 7) is -0.0374. The van der Waals surface area contributed by atoms with E-state index in [1.807, 2.05) is 0 Å². The second-order valence-corrected chi connectivity index (χ2v) is 10.5. The topological polar surface area (TPSA) is 93.2 Å². The van der Waals surface area contributed by atoms with Gasteiger partial charge >= 0.3 is 31.3 Å². The molecule has 0 unspecified atom stereocenters. The Morgan fingerprint density at radius 2 is 0.973 bits per heavy atom. The van der Waals surface area contributed by atoms with Gasteiger partial charge in [-0.1, -0.05) is 24.3 Å². The van der Waals surface area contributed by atoms with Crippen LogP contribution in [0.15, 0.2) is 72.8 Å². The number of fused-ring (bicyclic) bond motifs is 1. The van der Waals surface area contributed by atoms with E-state index in [9.17, 15) is 43.2 Å². The highest BCUT2D eigenvalue weighted by Crippen LogP contribution is 2.45. The van der Waals surface area contributed by atoms with Crippen molar-refractivity contribution in [1.29, 1.82) is 0 Å². The van der Waals surface area contributed by atoms with E-state index >= 15 is 0 Å². The van der Waals surface area contributed by atoms with Crippen LogP contribution >= 0.6 is 0 Å². The van der Waals surface area contributed by atoms with Gasteiger partial charge in [-0.15, -0.1) is 0 Å². The van der Waals surface area contributed by atoms with E-state index in [2.05, 4.69) is 8.37 Å². The third-order valence-corrected chi connectivity index (χ3v) is 6.94. The second-order valence-electron chi connectivity index (χ2n) is 7.45. The SMILES string of the molecule is O=S(=O)(Oc1cccc(N2CN(c3cccc(OS(=O)(=O)C(F)(F)F)c3)c3ccccc32)c1)C(F)(F)F. The molecule has 3 aromatic rings. The summed E-state index contributed by atoms with van der Waals surface area (Å²) in [5.41, 5.74) is -9.78. The van der Waals surface area contributed by atoms with Crippen LogP contribution in [0.2, 0.25) is 0 Å². The quantitative estimate of drug-likeness (QED) is 0.222. The maximum atomic E-state index is 12.7. The molecule has 0 spiro atoms. The van der Waals surface area contributed by atoms with Crippen molar-refractivity contribution in [3.8, 4) is 11.5 Å². The highest BCUT2D eigenvalue weighted by molar-refractivity contribution is 7.88. The lowest BCUT2D eigenvalue weighted by molar-refractivity contribution is -0.0504. The summed E-state index contributed by atoms with van der Waals surface area (Å²) in [6.07, 6.45) is 0. The van der Waals surface area contributed by atoms with E-state index in [4.69, 9.17) is 0 Å². The molecule has 0 aromatic heterocycles. The summed E-state index contributed by atoms with van der Waals surface area (Å²) in [4.78, 5) is 3.14. The minimum Gasteiger partial charge on any atom is -0.376 e. The normalized spacial score (nSPS) is 14.4. The lowest BCUT2D eigenvalue weighted by Crippen LogP contribution is -2.28. The second kappa shape index (κ2) is 9.02. The van der Waals surface area contributed by atoms with Crippen molar-refractivity contribution in [3.05, 3.63) is 72.8 Å². The minimum atomic E-state index is -5.91. The number of nitrogens with zero attached hydrogens (tertiary/aromatic N) is 2. The smallest absolute Gasteiger partial charge is 0.376 e. The monoisotopic (exact) mass is 568 g/mol. The van der Waals surface area contributed by atoms with Crippen LogP contribution in [0.4, 0.5) is 49.1 Å². The number of halogens is 6. The van der Waals surface area contributed by atoms with Crippen molar-refractivity contribution in [1.82, 2.24) is 0 Å². The molecule has 0 bridgehead atoms. The van der Waals surface area contributed by atoms with Crippen LogP contribution < -0.4 is 18.2 Å². The molecule has 0 radical (unpaired) electrons. The molecule has 0 aliphatic carbocycles. The number of hydrogen-bond donors (Lipinski definition) is 0. The molecule has 8 nitrogen and oxygen atoms in total. The highest BCUT2D eigenvalue weighted by atomic mass is 32.2. The Balaban J connectivity index is 1.67. The van der Waals surface area contributed by atoms with Crippen LogP contribution in [0.1, 0.15) is 0 Å². The Hall–Kier alpha value is -3.66. The van der Waals surface area contributed by atoms with Crippen LogP contribution in [0.3, 0.4) is 0 Å². The largest absolute Gasteiger partial charge is 0.534 e. The van der Waals surface area contributed by atoms with Crippen molar-refractivity contribution in [3.63, 3.8) is 0 Å². The van der Waals surface area contributed by atoms with Crippen LogP contribution in [-0.2, 0) is 20.2 Å². The van der Waals surface area contributed by atoms with E-state index in [1.54, 1.807) is 34.1 Å². The van der Waals surface area contributed by atoms with Gasteiger partial charge in [0.2, 0.25) is 0 Å². The molecule has 0 saturated carbocycles. The van der Waals surface area contributed by atoms with E-state index in [0.717, 1.165) is 24.3 Å². The van der Waals surface area contributed by atoms with Gasteiger partial charge in [-0.25, -0.2) is 0 Å². The van der Waals surface area contributed by atoms with Crippen molar-refractivity contribution >= 4 is 43.0 Å². The van der Waals surface area contributed by atoms with Crippen LogP contribution in [0.25, 0.3) is 0 Å². The van der Waals surface area contributed by atoms with Gasteiger partial charge in [0.1, 0.15) is 18.2 Å². The molecule has 1 aliphatic rings. The molecule has 0 fully saturated rings. The predicted molar refractivity (Wildman–Crippen MR) is 120 cm³/mol. The molecular formula is C21H14F6N2O6S2. The zero-order valence-electron chi connectivity index (χ0n) is 18.1. The average Bonchev–Trinajstić information content (AvgIpc) is 3.17. The molecule has 0 saturated heterocycles. The number of anilines is 4. The Kier molecular flexibility index (Phi) is 6.44. The summed E-state index contributed by atoms with van der Waals surface area (Å²) in [6, 6.07) is 16.3. The molecule has 16 heteroatoms. The first-order valence-corrected chi connectivity index (χ1v) is 12.8. The van der Waals surface area contributed by atoms with Crippen molar-refractivity contribution < 1.29 is 51.5 Å². The first-order chi connectivity index (χ1) is 17.1. The number of alkyl halides is 6. The molecule has 0 amide bonds. The summed E-state index contributed by atoms with van der Waals surface area (Å²) in [5, 5.41) is 0. The third-order valence-electron chi connectivity index (χ3n) is 4.98. The summed E-state index contributed by atoms with van der Waals surface area (Å²) >= 11 is 0. The summed E-state index contributed by atoms with van der Waals surface area (Å²) < 4.78 is 130. The lowest BCUT2D eigenvalue weighted by Gasteiger charge is -2.23. The fraction of sp³-hybridized carbons (Fsp3) is 0.143. The first kappa shape index (κ1) is 26.4. The number of benzene rings is 3. The van der Waals surface area contributed by atoms with Gasteiger partial charge in [0, 0.05) is 23.5 Å². The average molecular weight is 568 g/mol. The zero-order chi connectivity index (χ0) is 27.2. The summed E-state index contributed by atoms with van der Waals surface area (Å²) in [7, 11) is -11.8. The van der Waals surface area contributed by atoms with Crippen LogP contribution in [0, 0.1) is 0 Å². The molecule has 1 aliphatic heterocycles. The molecule has 1 heterocycles. The van der Waals surface area contributed by atoms with Crippen molar-refractivity contribution in [2.24, 2.45) is 0 Å². The van der Waals surface area contributed by atoms with Crippen molar-refractivity contribution in [2.45, 2.75) is 11.0 Å².